The first-order valence-corrected chi connectivity index (χ1v) is 11.0. The summed E-state index contributed by atoms with van der Waals surface area (Å²) < 4.78 is 2.33. The molecule has 0 aliphatic carbocycles. The van der Waals surface area contributed by atoms with Crippen molar-refractivity contribution in [2.24, 2.45) is 0 Å². The number of nitrogens with zero attached hydrogens (tertiary/aromatic N) is 1. The lowest BCUT2D eigenvalue weighted by atomic mass is 9.98. The maximum Gasteiger partial charge on any atom is 0.0784 e. The predicted octanol–water partition coefficient (Wildman–Crippen LogP) is 8.06. The SMILES string of the molecule is c1ccc(-c2ccc(-c3c4ccccc4n4ccc5c6ccccc6[nH]c5c34)cc2)cc1. The van der Waals surface area contributed by atoms with Crippen LogP contribution in [-0.2, 0) is 0 Å². The van der Waals surface area contributed by atoms with Gasteiger partial charge >= 0.3 is 0 Å². The first-order valence-electron chi connectivity index (χ1n) is 11.0. The van der Waals surface area contributed by atoms with Crippen LogP contribution in [0.4, 0.5) is 0 Å². The van der Waals surface area contributed by atoms with Crippen molar-refractivity contribution < 1.29 is 0 Å². The van der Waals surface area contributed by atoms with E-state index in [4.69, 9.17) is 0 Å². The van der Waals surface area contributed by atoms with Crippen molar-refractivity contribution in [1.29, 1.82) is 0 Å². The van der Waals surface area contributed by atoms with Crippen molar-refractivity contribution in [3.63, 3.8) is 0 Å². The van der Waals surface area contributed by atoms with Crippen molar-refractivity contribution in [2.45, 2.75) is 0 Å². The zero-order valence-electron chi connectivity index (χ0n) is 17.4. The number of aromatic nitrogens is 2. The molecule has 32 heavy (non-hydrogen) atoms. The van der Waals surface area contributed by atoms with E-state index < -0.39 is 0 Å². The quantitative estimate of drug-likeness (QED) is 0.298. The fourth-order valence-electron chi connectivity index (χ4n) is 5.09. The van der Waals surface area contributed by atoms with E-state index >= 15 is 0 Å². The molecule has 0 amide bonds. The Balaban J connectivity index is 1.57. The summed E-state index contributed by atoms with van der Waals surface area (Å²) in [6.07, 6.45) is 2.21. The molecule has 1 N–H and O–H groups in total. The number of para-hydroxylation sites is 2. The van der Waals surface area contributed by atoms with E-state index in [9.17, 15) is 0 Å². The number of hydrogen-bond donors (Lipinski definition) is 1. The molecule has 0 bridgehead atoms. The van der Waals surface area contributed by atoms with Gasteiger partial charge in [0, 0.05) is 33.4 Å². The zero-order chi connectivity index (χ0) is 21.1. The molecule has 0 aliphatic heterocycles. The molecule has 2 nitrogen and oxygen atoms in total. The third-order valence-corrected chi connectivity index (χ3v) is 6.56. The molecule has 150 valence electrons. The summed E-state index contributed by atoms with van der Waals surface area (Å²) in [6.45, 7) is 0. The van der Waals surface area contributed by atoms with Crippen molar-refractivity contribution >= 4 is 38.2 Å². The maximum absolute atomic E-state index is 3.71. The Morgan fingerprint density at radius 3 is 2.00 bits per heavy atom. The van der Waals surface area contributed by atoms with Crippen LogP contribution in [0, 0.1) is 0 Å². The summed E-state index contributed by atoms with van der Waals surface area (Å²) in [6, 6.07) is 39.0. The van der Waals surface area contributed by atoms with Gasteiger partial charge in [-0.05, 0) is 34.9 Å². The highest BCUT2D eigenvalue weighted by atomic mass is 14.9. The maximum atomic E-state index is 3.71. The van der Waals surface area contributed by atoms with Gasteiger partial charge in [-0.1, -0.05) is 91.0 Å². The summed E-state index contributed by atoms with van der Waals surface area (Å²) in [5.74, 6) is 0. The van der Waals surface area contributed by atoms with E-state index in [-0.39, 0.29) is 0 Å². The lowest BCUT2D eigenvalue weighted by molar-refractivity contribution is 1.27. The molecule has 3 aromatic heterocycles. The fourth-order valence-corrected chi connectivity index (χ4v) is 5.09. The highest BCUT2D eigenvalue weighted by Crippen LogP contribution is 2.40. The normalized spacial score (nSPS) is 11.8. The van der Waals surface area contributed by atoms with Crippen LogP contribution in [0.1, 0.15) is 0 Å². The van der Waals surface area contributed by atoms with Gasteiger partial charge < -0.3 is 9.38 Å². The van der Waals surface area contributed by atoms with Gasteiger partial charge in [-0.25, -0.2) is 0 Å². The molecule has 3 heterocycles. The average molecular weight is 409 g/mol. The van der Waals surface area contributed by atoms with Gasteiger partial charge in [0.25, 0.3) is 0 Å². The summed E-state index contributed by atoms with van der Waals surface area (Å²) in [7, 11) is 0. The van der Waals surface area contributed by atoms with Crippen LogP contribution < -0.4 is 0 Å². The van der Waals surface area contributed by atoms with Crippen LogP contribution in [0.5, 0.6) is 0 Å². The molecule has 0 fully saturated rings. The molecule has 0 saturated carbocycles. The number of fused-ring (bicyclic) bond motifs is 7. The topological polar surface area (TPSA) is 20.2 Å². The number of pyridine rings is 1. The average Bonchev–Trinajstić information content (AvgIpc) is 3.41. The van der Waals surface area contributed by atoms with Crippen molar-refractivity contribution in [1.82, 2.24) is 9.38 Å². The number of hydrogen-bond acceptors (Lipinski definition) is 0. The molecule has 0 saturated heterocycles. The second-order valence-corrected chi connectivity index (χ2v) is 8.33. The van der Waals surface area contributed by atoms with Gasteiger partial charge in [0.2, 0.25) is 0 Å². The van der Waals surface area contributed by atoms with E-state index in [2.05, 4.69) is 125 Å². The molecule has 7 rings (SSSR count). The number of nitrogens with one attached hydrogen (secondary N) is 1. The third-order valence-electron chi connectivity index (χ3n) is 6.56. The number of rotatable bonds is 2. The van der Waals surface area contributed by atoms with Gasteiger partial charge in [-0.15, -0.1) is 0 Å². The van der Waals surface area contributed by atoms with E-state index in [1.54, 1.807) is 0 Å². The van der Waals surface area contributed by atoms with E-state index in [1.165, 1.54) is 60.5 Å². The second-order valence-electron chi connectivity index (χ2n) is 8.33. The summed E-state index contributed by atoms with van der Waals surface area (Å²) >= 11 is 0. The van der Waals surface area contributed by atoms with E-state index in [0.717, 1.165) is 0 Å². The molecule has 7 aromatic rings. The molecule has 0 aliphatic rings. The molecule has 0 unspecified atom stereocenters. The largest absolute Gasteiger partial charge is 0.353 e. The molecular formula is C30H20N2. The van der Waals surface area contributed by atoms with Gasteiger partial charge in [0.1, 0.15) is 0 Å². The Morgan fingerprint density at radius 1 is 0.500 bits per heavy atom. The summed E-state index contributed by atoms with van der Waals surface area (Å²) in [4.78, 5) is 3.71. The minimum atomic E-state index is 1.17. The highest BCUT2D eigenvalue weighted by Gasteiger charge is 2.18. The Labute approximate surface area is 185 Å². The molecule has 0 radical (unpaired) electrons. The summed E-state index contributed by atoms with van der Waals surface area (Å²) in [5, 5.41) is 3.80. The van der Waals surface area contributed by atoms with Crippen LogP contribution in [0.3, 0.4) is 0 Å². The van der Waals surface area contributed by atoms with E-state index in [0.29, 0.717) is 0 Å². The monoisotopic (exact) mass is 408 g/mol. The third kappa shape index (κ3) is 2.41. The lowest BCUT2D eigenvalue weighted by Gasteiger charge is -2.06. The van der Waals surface area contributed by atoms with E-state index in [1.807, 2.05) is 0 Å². The van der Waals surface area contributed by atoms with Crippen LogP contribution in [0.2, 0.25) is 0 Å². The summed E-state index contributed by atoms with van der Waals surface area (Å²) in [5.41, 5.74) is 9.80. The van der Waals surface area contributed by atoms with Crippen LogP contribution in [-0.4, -0.2) is 9.38 Å². The minimum absolute atomic E-state index is 1.17. The molecule has 0 atom stereocenters. The van der Waals surface area contributed by atoms with Gasteiger partial charge in [-0.2, -0.15) is 0 Å². The standard InChI is InChI=1S/C30H20N2/c1-2-8-20(9-3-1)21-14-16-22(17-15-21)28-25-11-5-7-13-27(25)32-19-18-24-23-10-4-6-12-26(23)31-29(24)30(28)32/h1-19,31H. The first-order chi connectivity index (χ1) is 15.9. The smallest absolute Gasteiger partial charge is 0.0784 e. The first kappa shape index (κ1) is 17.4. The van der Waals surface area contributed by atoms with Crippen molar-refractivity contribution in [3.8, 4) is 22.3 Å². The van der Waals surface area contributed by atoms with Gasteiger partial charge in [0.15, 0.2) is 0 Å². The predicted molar refractivity (Wildman–Crippen MR) is 135 cm³/mol. The number of aromatic amines is 1. The fraction of sp³-hybridized carbons (Fsp3) is 0. The Hall–Kier alpha value is -4.30. The van der Waals surface area contributed by atoms with Gasteiger partial charge in [-0.3, -0.25) is 0 Å². The lowest BCUT2D eigenvalue weighted by Crippen LogP contribution is -1.86. The molecule has 4 aromatic carbocycles. The van der Waals surface area contributed by atoms with Crippen molar-refractivity contribution in [3.05, 3.63) is 115 Å². The minimum Gasteiger partial charge on any atom is -0.353 e. The number of benzene rings is 4. The Bertz CT molecular complexity index is 1750. The highest BCUT2D eigenvalue weighted by molar-refractivity contribution is 6.19. The second kappa shape index (κ2) is 6.60. The van der Waals surface area contributed by atoms with Crippen LogP contribution >= 0.6 is 0 Å². The molecule has 0 spiro atoms. The number of H-pyrrole nitrogens is 1. The van der Waals surface area contributed by atoms with Gasteiger partial charge in [0.05, 0.1) is 16.6 Å². The van der Waals surface area contributed by atoms with Crippen molar-refractivity contribution in [2.75, 3.05) is 0 Å². The Morgan fingerprint density at radius 2 is 1.16 bits per heavy atom. The molecular weight excluding hydrogens is 388 g/mol. The van der Waals surface area contributed by atoms with Crippen LogP contribution in [0.25, 0.3) is 60.5 Å². The Kier molecular flexibility index (Phi) is 3.58. The van der Waals surface area contributed by atoms with Crippen LogP contribution in [0.15, 0.2) is 115 Å². The molecule has 2 heteroatoms. The zero-order valence-corrected chi connectivity index (χ0v) is 17.4.